The molecule has 1 heterocycles. The fraction of sp³-hybridized carbons (Fsp3) is 0.0833. The van der Waals surface area contributed by atoms with E-state index in [4.69, 9.17) is 4.74 Å². The number of H-pyrrole nitrogens is 1. The molecule has 0 bridgehead atoms. The molecule has 0 aliphatic heterocycles. The predicted molar refractivity (Wildman–Crippen MR) is 58.7 cm³/mol. The van der Waals surface area contributed by atoms with Crippen LogP contribution in [0.15, 0.2) is 42.5 Å². The van der Waals surface area contributed by atoms with Gasteiger partial charge in [0, 0.05) is 22.5 Å². The number of hydrogen-bond donors (Lipinski definition) is 1. The van der Waals surface area contributed by atoms with Gasteiger partial charge in [-0.3, -0.25) is 0 Å². The third kappa shape index (κ3) is 1.91. The summed E-state index contributed by atoms with van der Waals surface area (Å²) in [6.07, 6.45) is 0. The molecule has 0 aliphatic rings. The number of carbonyl (C=O) groups is 1. The highest BCUT2D eigenvalue weighted by Gasteiger charge is 2.07. The van der Waals surface area contributed by atoms with Gasteiger partial charge in [0.15, 0.2) is 0 Å². The van der Waals surface area contributed by atoms with E-state index in [1.54, 1.807) is 13.0 Å². The summed E-state index contributed by atoms with van der Waals surface area (Å²) in [7, 11) is 0. The van der Waals surface area contributed by atoms with Crippen molar-refractivity contribution in [2.75, 3.05) is 0 Å². The Hall–Kier alpha value is -2.03. The minimum atomic E-state index is -0.415. The standard InChI is InChI=1S/C12H11NO2/c1-8(2)12(14)15-11-7-9-5-3-4-6-10(9)13-11/h3-7,13H,1H2,2H3. The number of carbonyl (C=O) groups excluding carboxylic acids is 1. The van der Waals surface area contributed by atoms with Crippen LogP contribution in [0.25, 0.3) is 10.9 Å². The van der Waals surface area contributed by atoms with E-state index in [9.17, 15) is 4.79 Å². The summed E-state index contributed by atoms with van der Waals surface area (Å²) in [5.74, 6) is 0.0331. The van der Waals surface area contributed by atoms with Gasteiger partial charge < -0.3 is 9.72 Å². The molecule has 0 radical (unpaired) electrons. The molecule has 0 saturated carbocycles. The van der Waals surface area contributed by atoms with Crippen LogP contribution in [-0.2, 0) is 4.79 Å². The molecule has 76 valence electrons. The molecule has 2 aromatic rings. The molecule has 0 spiro atoms. The number of esters is 1. The van der Waals surface area contributed by atoms with Crippen molar-refractivity contribution in [2.24, 2.45) is 0 Å². The first-order chi connectivity index (χ1) is 7.16. The molecule has 0 atom stereocenters. The number of nitrogens with one attached hydrogen (secondary N) is 1. The van der Waals surface area contributed by atoms with E-state index >= 15 is 0 Å². The second-order valence-corrected chi connectivity index (χ2v) is 3.39. The fourth-order valence-electron chi connectivity index (χ4n) is 1.29. The van der Waals surface area contributed by atoms with Gasteiger partial charge in [0.1, 0.15) is 0 Å². The summed E-state index contributed by atoms with van der Waals surface area (Å²) in [6, 6.07) is 9.51. The maximum atomic E-state index is 11.2. The highest BCUT2D eigenvalue weighted by Crippen LogP contribution is 2.20. The minimum Gasteiger partial charge on any atom is -0.406 e. The van der Waals surface area contributed by atoms with Crippen molar-refractivity contribution in [1.82, 2.24) is 4.98 Å². The molecule has 1 aromatic carbocycles. The van der Waals surface area contributed by atoms with Crippen molar-refractivity contribution >= 4 is 16.9 Å². The van der Waals surface area contributed by atoms with Crippen molar-refractivity contribution in [3.05, 3.63) is 42.5 Å². The molecule has 0 amide bonds. The summed E-state index contributed by atoms with van der Waals surface area (Å²) in [5.41, 5.74) is 1.33. The monoisotopic (exact) mass is 201 g/mol. The van der Waals surface area contributed by atoms with Gasteiger partial charge in [-0.25, -0.2) is 4.79 Å². The van der Waals surface area contributed by atoms with E-state index in [0.717, 1.165) is 10.9 Å². The van der Waals surface area contributed by atoms with E-state index in [2.05, 4.69) is 11.6 Å². The fourth-order valence-corrected chi connectivity index (χ4v) is 1.29. The first-order valence-corrected chi connectivity index (χ1v) is 4.62. The van der Waals surface area contributed by atoms with Crippen molar-refractivity contribution < 1.29 is 9.53 Å². The quantitative estimate of drug-likeness (QED) is 0.599. The van der Waals surface area contributed by atoms with Gasteiger partial charge in [0.25, 0.3) is 0 Å². The van der Waals surface area contributed by atoms with E-state index in [-0.39, 0.29) is 0 Å². The highest BCUT2D eigenvalue weighted by molar-refractivity contribution is 5.90. The summed E-state index contributed by atoms with van der Waals surface area (Å²) in [5, 5.41) is 1.02. The van der Waals surface area contributed by atoms with Gasteiger partial charge in [0.05, 0.1) is 0 Å². The van der Waals surface area contributed by atoms with E-state index in [1.807, 2.05) is 24.3 Å². The number of benzene rings is 1. The van der Waals surface area contributed by atoms with Crippen LogP contribution in [-0.4, -0.2) is 11.0 Å². The van der Waals surface area contributed by atoms with Crippen LogP contribution in [0.3, 0.4) is 0 Å². The maximum absolute atomic E-state index is 11.2. The van der Waals surface area contributed by atoms with Crippen LogP contribution < -0.4 is 4.74 Å². The molecule has 3 nitrogen and oxygen atoms in total. The third-order valence-electron chi connectivity index (χ3n) is 2.06. The van der Waals surface area contributed by atoms with Crippen LogP contribution >= 0.6 is 0 Å². The Morgan fingerprint density at radius 3 is 2.80 bits per heavy atom. The first kappa shape index (κ1) is 9.52. The number of ether oxygens (including phenoxy) is 1. The molecule has 0 fully saturated rings. The normalized spacial score (nSPS) is 10.2. The SMILES string of the molecule is C=C(C)C(=O)Oc1cc2ccccc2[nH]1. The van der Waals surface area contributed by atoms with Crippen molar-refractivity contribution in [1.29, 1.82) is 0 Å². The van der Waals surface area contributed by atoms with Crippen LogP contribution in [0.5, 0.6) is 5.88 Å². The largest absolute Gasteiger partial charge is 0.406 e. The van der Waals surface area contributed by atoms with Gasteiger partial charge in [-0.15, -0.1) is 0 Å². The number of aromatic amines is 1. The Morgan fingerprint density at radius 2 is 2.13 bits per heavy atom. The van der Waals surface area contributed by atoms with Gasteiger partial charge >= 0.3 is 5.97 Å². The lowest BCUT2D eigenvalue weighted by Gasteiger charge is -1.98. The minimum absolute atomic E-state index is 0.383. The predicted octanol–water partition coefficient (Wildman–Crippen LogP) is 2.65. The Bertz CT molecular complexity index is 492. The Labute approximate surface area is 87.4 Å². The average Bonchev–Trinajstić information content (AvgIpc) is 2.59. The zero-order valence-electron chi connectivity index (χ0n) is 8.41. The van der Waals surface area contributed by atoms with Crippen molar-refractivity contribution in [3.8, 4) is 5.88 Å². The topological polar surface area (TPSA) is 42.1 Å². The molecule has 0 saturated heterocycles. The van der Waals surface area contributed by atoms with Crippen molar-refractivity contribution in [3.63, 3.8) is 0 Å². The second kappa shape index (κ2) is 3.61. The number of rotatable bonds is 2. The number of hydrogen-bond acceptors (Lipinski definition) is 2. The third-order valence-corrected chi connectivity index (χ3v) is 2.06. The van der Waals surface area contributed by atoms with Crippen LogP contribution in [0, 0.1) is 0 Å². The second-order valence-electron chi connectivity index (χ2n) is 3.39. The Balaban J connectivity index is 2.30. The van der Waals surface area contributed by atoms with Crippen LogP contribution in [0.1, 0.15) is 6.92 Å². The number of fused-ring (bicyclic) bond motifs is 1. The van der Waals surface area contributed by atoms with E-state index in [1.165, 1.54) is 0 Å². The Morgan fingerprint density at radius 1 is 1.40 bits per heavy atom. The molecule has 3 heteroatoms. The molecule has 0 aliphatic carbocycles. The molecular weight excluding hydrogens is 190 g/mol. The van der Waals surface area contributed by atoms with Gasteiger partial charge in [-0.2, -0.15) is 0 Å². The van der Waals surface area contributed by atoms with Gasteiger partial charge in [-0.05, 0) is 13.0 Å². The van der Waals surface area contributed by atoms with Crippen LogP contribution in [0.4, 0.5) is 0 Å². The summed E-state index contributed by atoms with van der Waals surface area (Å²) >= 11 is 0. The first-order valence-electron chi connectivity index (χ1n) is 4.62. The average molecular weight is 201 g/mol. The lowest BCUT2D eigenvalue weighted by atomic mass is 10.3. The lowest BCUT2D eigenvalue weighted by molar-refractivity contribution is -0.130. The summed E-state index contributed by atoms with van der Waals surface area (Å²) in [4.78, 5) is 14.2. The molecule has 1 aromatic heterocycles. The van der Waals surface area contributed by atoms with Gasteiger partial charge in [-0.1, -0.05) is 24.8 Å². The number of aromatic nitrogens is 1. The molecule has 2 rings (SSSR count). The zero-order chi connectivity index (χ0) is 10.8. The summed E-state index contributed by atoms with van der Waals surface area (Å²) in [6.45, 7) is 5.13. The van der Waals surface area contributed by atoms with Crippen molar-refractivity contribution in [2.45, 2.75) is 6.92 Å². The summed E-state index contributed by atoms with van der Waals surface area (Å²) < 4.78 is 5.07. The maximum Gasteiger partial charge on any atom is 0.339 e. The van der Waals surface area contributed by atoms with Gasteiger partial charge in [0.2, 0.25) is 5.88 Å². The van der Waals surface area contributed by atoms with E-state index in [0.29, 0.717) is 11.5 Å². The lowest BCUT2D eigenvalue weighted by Crippen LogP contribution is -2.08. The smallest absolute Gasteiger partial charge is 0.339 e. The molecule has 0 unspecified atom stereocenters. The zero-order valence-corrected chi connectivity index (χ0v) is 8.41. The Kier molecular flexibility index (Phi) is 2.29. The number of para-hydroxylation sites is 1. The molecular formula is C12H11NO2. The van der Waals surface area contributed by atoms with Crippen LogP contribution in [0.2, 0.25) is 0 Å². The highest BCUT2D eigenvalue weighted by atomic mass is 16.5. The molecule has 1 N–H and O–H groups in total. The molecule has 15 heavy (non-hydrogen) atoms. The van der Waals surface area contributed by atoms with E-state index < -0.39 is 5.97 Å².